The number of ether oxygens (including phenoxy) is 2. The lowest BCUT2D eigenvalue weighted by Gasteiger charge is -2.27. The van der Waals surface area contributed by atoms with Crippen LogP contribution >= 0.6 is 0 Å². The Labute approximate surface area is 87.7 Å². The molecule has 0 unspecified atom stereocenters. The third kappa shape index (κ3) is 1.73. The van der Waals surface area contributed by atoms with E-state index in [4.69, 9.17) is 9.47 Å². The Hall–Kier alpha value is -1.39. The number of Topliss-reactive ketones (excluding diaryl/α,β-unsaturated/α-hetero) is 1. The average molecular weight is 214 g/mol. The van der Waals surface area contributed by atoms with Crippen molar-refractivity contribution in [2.45, 2.75) is 34.0 Å². The summed E-state index contributed by atoms with van der Waals surface area (Å²) in [5.74, 6) is -1.92. The Balaban J connectivity index is 3.01. The highest BCUT2D eigenvalue weighted by atomic mass is 16.7. The summed E-state index contributed by atoms with van der Waals surface area (Å²) in [5, 5.41) is 0. The van der Waals surface area contributed by atoms with Crippen LogP contribution in [0.5, 0.6) is 0 Å². The number of cyclic esters (lactones) is 1. The highest BCUT2D eigenvalue weighted by molar-refractivity contribution is 5.91. The Morgan fingerprint density at radius 2 is 1.93 bits per heavy atom. The molecule has 5 nitrogen and oxygen atoms in total. The maximum Gasteiger partial charge on any atom is 0.313 e. The van der Waals surface area contributed by atoms with Gasteiger partial charge in [0.05, 0.1) is 5.92 Å². The van der Waals surface area contributed by atoms with Gasteiger partial charge in [-0.05, 0) is 13.8 Å². The van der Waals surface area contributed by atoms with E-state index in [9.17, 15) is 14.4 Å². The van der Waals surface area contributed by atoms with Gasteiger partial charge in [-0.2, -0.15) is 0 Å². The summed E-state index contributed by atoms with van der Waals surface area (Å²) in [7, 11) is 0. The monoisotopic (exact) mass is 214 g/mol. The minimum Gasteiger partial charge on any atom is -0.424 e. The molecule has 5 heteroatoms. The molecule has 1 heterocycles. The molecular formula is C10H14O5. The highest BCUT2D eigenvalue weighted by Crippen LogP contribution is 2.41. The van der Waals surface area contributed by atoms with Crippen molar-refractivity contribution in [3.05, 3.63) is 0 Å². The third-order valence-electron chi connectivity index (χ3n) is 3.00. The molecule has 0 aromatic rings. The lowest BCUT2D eigenvalue weighted by atomic mass is 9.76. The van der Waals surface area contributed by atoms with E-state index in [-0.39, 0.29) is 5.78 Å². The van der Waals surface area contributed by atoms with Gasteiger partial charge in [0.25, 0.3) is 6.29 Å². The molecule has 1 aliphatic heterocycles. The molecule has 15 heavy (non-hydrogen) atoms. The fraction of sp³-hybridized carbons (Fsp3) is 0.700. The first-order chi connectivity index (χ1) is 6.80. The summed E-state index contributed by atoms with van der Waals surface area (Å²) in [6.45, 7) is 5.72. The first-order valence-electron chi connectivity index (χ1n) is 4.69. The van der Waals surface area contributed by atoms with Gasteiger partial charge in [0.15, 0.2) is 0 Å². The van der Waals surface area contributed by atoms with E-state index in [0.29, 0.717) is 0 Å². The fourth-order valence-corrected chi connectivity index (χ4v) is 1.55. The lowest BCUT2D eigenvalue weighted by molar-refractivity contribution is -0.188. The number of carbonyl (C=O) groups is 3. The van der Waals surface area contributed by atoms with Crippen LogP contribution in [0.25, 0.3) is 0 Å². The van der Waals surface area contributed by atoms with E-state index in [1.165, 1.54) is 13.8 Å². The maximum absolute atomic E-state index is 11.5. The molecule has 1 aliphatic rings. The second-order valence-corrected chi connectivity index (χ2v) is 3.94. The second kappa shape index (κ2) is 3.64. The van der Waals surface area contributed by atoms with Crippen molar-refractivity contribution in [3.63, 3.8) is 0 Å². The normalized spacial score (nSPS) is 34.8. The van der Waals surface area contributed by atoms with Gasteiger partial charge in [-0.3, -0.25) is 14.4 Å². The molecule has 0 amide bonds. The largest absolute Gasteiger partial charge is 0.424 e. The summed E-state index contributed by atoms with van der Waals surface area (Å²) in [4.78, 5) is 33.6. The standard InChI is InChI=1S/C10H14O5/c1-5-8(13)15-9(14-7(3)12)10(5,4)6(2)11/h5,9H,1-4H3/t5-,9+,10+/m0/s1. The number of rotatable bonds is 2. The fourth-order valence-electron chi connectivity index (χ4n) is 1.55. The van der Waals surface area contributed by atoms with E-state index in [1.54, 1.807) is 13.8 Å². The molecule has 1 fully saturated rings. The Morgan fingerprint density at radius 1 is 1.40 bits per heavy atom. The van der Waals surface area contributed by atoms with Crippen LogP contribution in [0.2, 0.25) is 0 Å². The Bertz CT molecular complexity index is 320. The molecule has 0 bridgehead atoms. The topological polar surface area (TPSA) is 69.7 Å². The van der Waals surface area contributed by atoms with Crippen LogP contribution in [-0.4, -0.2) is 24.0 Å². The minimum atomic E-state index is -1.10. The minimum absolute atomic E-state index is 0.230. The molecule has 0 aliphatic carbocycles. The summed E-state index contributed by atoms with van der Waals surface area (Å²) in [5.41, 5.74) is -1.08. The first kappa shape index (κ1) is 11.7. The van der Waals surface area contributed by atoms with Crippen molar-refractivity contribution < 1.29 is 23.9 Å². The first-order valence-corrected chi connectivity index (χ1v) is 4.69. The zero-order valence-electron chi connectivity index (χ0n) is 9.20. The predicted molar refractivity (Wildman–Crippen MR) is 49.6 cm³/mol. The smallest absolute Gasteiger partial charge is 0.313 e. The predicted octanol–water partition coefficient (Wildman–Crippen LogP) is 0.664. The number of carbonyl (C=O) groups excluding carboxylic acids is 3. The van der Waals surface area contributed by atoms with Gasteiger partial charge in [0.2, 0.25) is 0 Å². The molecule has 1 saturated heterocycles. The Morgan fingerprint density at radius 3 is 2.33 bits per heavy atom. The Kier molecular flexibility index (Phi) is 2.83. The zero-order chi connectivity index (χ0) is 11.8. The molecule has 0 spiro atoms. The molecule has 0 radical (unpaired) electrons. The van der Waals surface area contributed by atoms with Crippen LogP contribution < -0.4 is 0 Å². The van der Waals surface area contributed by atoms with Crippen molar-refractivity contribution in [2.75, 3.05) is 0 Å². The van der Waals surface area contributed by atoms with Gasteiger partial charge < -0.3 is 9.47 Å². The number of esters is 2. The molecule has 84 valence electrons. The quantitative estimate of drug-likeness (QED) is 0.631. The zero-order valence-corrected chi connectivity index (χ0v) is 9.20. The number of hydrogen-bond acceptors (Lipinski definition) is 5. The molecule has 0 N–H and O–H groups in total. The molecule has 1 rings (SSSR count). The van der Waals surface area contributed by atoms with E-state index >= 15 is 0 Å². The van der Waals surface area contributed by atoms with Crippen molar-refractivity contribution in [2.24, 2.45) is 11.3 Å². The molecule has 3 atom stereocenters. The van der Waals surface area contributed by atoms with Crippen LogP contribution in [0.1, 0.15) is 27.7 Å². The molecule has 0 aromatic heterocycles. The van der Waals surface area contributed by atoms with Crippen LogP contribution in [0.4, 0.5) is 0 Å². The number of ketones is 1. The van der Waals surface area contributed by atoms with Gasteiger partial charge in [0.1, 0.15) is 11.2 Å². The van der Waals surface area contributed by atoms with Gasteiger partial charge in [-0.25, -0.2) is 0 Å². The van der Waals surface area contributed by atoms with Gasteiger partial charge in [0, 0.05) is 6.92 Å². The van der Waals surface area contributed by atoms with Crippen molar-refractivity contribution in [1.82, 2.24) is 0 Å². The molecular weight excluding hydrogens is 200 g/mol. The van der Waals surface area contributed by atoms with E-state index in [0.717, 1.165) is 0 Å². The summed E-state index contributed by atoms with van der Waals surface area (Å²) in [6, 6.07) is 0. The second-order valence-electron chi connectivity index (χ2n) is 3.94. The lowest BCUT2D eigenvalue weighted by Crippen LogP contribution is -2.41. The average Bonchev–Trinajstić information content (AvgIpc) is 2.31. The summed E-state index contributed by atoms with van der Waals surface area (Å²) < 4.78 is 9.68. The van der Waals surface area contributed by atoms with Crippen LogP contribution in [0, 0.1) is 11.3 Å². The van der Waals surface area contributed by atoms with Gasteiger partial charge in [-0.15, -0.1) is 0 Å². The van der Waals surface area contributed by atoms with E-state index in [2.05, 4.69) is 0 Å². The van der Waals surface area contributed by atoms with E-state index < -0.39 is 29.6 Å². The summed E-state index contributed by atoms with van der Waals surface area (Å²) >= 11 is 0. The van der Waals surface area contributed by atoms with Crippen molar-refractivity contribution in [3.8, 4) is 0 Å². The van der Waals surface area contributed by atoms with Crippen LogP contribution in [0.15, 0.2) is 0 Å². The van der Waals surface area contributed by atoms with E-state index in [1.807, 2.05) is 0 Å². The van der Waals surface area contributed by atoms with Crippen LogP contribution in [-0.2, 0) is 23.9 Å². The molecule has 0 saturated carbocycles. The number of hydrogen-bond donors (Lipinski definition) is 0. The van der Waals surface area contributed by atoms with Crippen molar-refractivity contribution in [1.29, 1.82) is 0 Å². The third-order valence-corrected chi connectivity index (χ3v) is 3.00. The maximum atomic E-state index is 11.5. The molecule has 0 aromatic carbocycles. The van der Waals surface area contributed by atoms with Gasteiger partial charge in [-0.1, -0.05) is 6.92 Å². The highest BCUT2D eigenvalue weighted by Gasteiger charge is 2.57. The summed E-state index contributed by atoms with van der Waals surface area (Å²) in [6.07, 6.45) is -1.10. The van der Waals surface area contributed by atoms with Crippen LogP contribution in [0.3, 0.4) is 0 Å². The van der Waals surface area contributed by atoms with Gasteiger partial charge >= 0.3 is 11.9 Å². The SMILES string of the molecule is CC(=O)O[C@@H]1OC(=O)[C@H](C)[C@]1(C)C(C)=O. The van der Waals surface area contributed by atoms with Crippen molar-refractivity contribution >= 4 is 17.7 Å².